The summed E-state index contributed by atoms with van der Waals surface area (Å²) in [5.41, 5.74) is 2.11. The van der Waals surface area contributed by atoms with Crippen LogP contribution in [0.2, 0.25) is 0 Å². The second-order valence-electron chi connectivity index (χ2n) is 7.09. The third kappa shape index (κ3) is 4.85. The van der Waals surface area contributed by atoms with Crippen LogP contribution >= 0.6 is 11.8 Å². The van der Waals surface area contributed by atoms with Crippen molar-refractivity contribution >= 4 is 17.7 Å². The van der Waals surface area contributed by atoms with Gasteiger partial charge < -0.3 is 10.5 Å². The van der Waals surface area contributed by atoms with Gasteiger partial charge >= 0.3 is 0 Å². The molecule has 0 radical (unpaired) electrons. The summed E-state index contributed by atoms with van der Waals surface area (Å²) in [6.07, 6.45) is 3.92. The highest BCUT2D eigenvalue weighted by Crippen LogP contribution is 2.47. The van der Waals surface area contributed by atoms with E-state index in [1.807, 2.05) is 30.5 Å². The Morgan fingerprint density at radius 3 is 2.76 bits per heavy atom. The minimum Gasteiger partial charge on any atom is -0.619 e. The van der Waals surface area contributed by atoms with Crippen LogP contribution in [0.3, 0.4) is 0 Å². The number of carbonyl (C=O) groups excluding carboxylic acids is 1. The zero-order chi connectivity index (χ0) is 21.0. The molecule has 1 heterocycles. The second-order valence-corrected chi connectivity index (χ2v) is 7.97. The van der Waals surface area contributed by atoms with Crippen LogP contribution in [0.5, 0.6) is 0 Å². The lowest BCUT2D eigenvalue weighted by Gasteiger charge is -2.36. The molecule has 0 saturated heterocycles. The van der Waals surface area contributed by atoms with Crippen molar-refractivity contribution in [3.8, 4) is 17.2 Å². The third-order valence-electron chi connectivity index (χ3n) is 5.27. The summed E-state index contributed by atoms with van der Waals surface area (Å²) in [5.74, 6) is -4.93. The van der Waals surface area contributed by atoms with Crippen molar-refractivity contribution in [2.75, 3.05) is 12.8 Å². The average Bonchev–Trinajstić information content (AvgIpc) is 2.71. The van der Waals surface area contributed by atoms with Crippen molar-refractivity contribution in [2.45, 2.75) is 36.0 Å². The van der Waals surface area contributed by atoms with Crippen molar-refractivity contribution in [1.82, 2.24) is 5.32 Å². The molecule has 3 rings (SSSR count). The third-order valence-corrected chi connectivity index (χ3v) is 6.02. The number of rotatable bonds is 5. The van der Waals surface area contributed by atoms with E-state index in [9.17, 15) is 18.8 Å². The summed E-state index contributed by atoms with van der Waals surface area (Å²) in [7, 11) is 0. The van der Waals surface area contributed by atoms with Crippen molar-refractivity contribution in [3.63, 3.8) is 0 Å². The lowest BCUT2D eigenvalue weighted by Crippen LogP contribution is -2.42. The lowest BCUT2D eigenvalue weighted by atomic mass is 9.72. The fourth-order valence-electron chi connectivity index (χ4n) is 3.86. The molecule has 1 aliphatic carbocycles. The first-order valence-electron chi connectivity index (χ1n) is 9.24. The summed E-state index contributed by atoms with van der Waals surface area (Å²) in [6.45, 7) is -0.230. The van der Waals surface area contributed by atoms with Gasteiger partial charge in [0.25, 0.3) is 0 Å². The molecule has 1 amide bonds. The van der Waals surface area contributed by atoms with Crippen molar-refractivity contribution in [2.24, 2.45) is 5.92 Å². The molecular weight excluding hydrogens is 396 g/mol. The van der Waals surface area contributed by atoms with Gasteiger partial charge in [0.1, 0.15) is 6.54 Å². The van der Waals surface area contributed by atoms with E-state index in [-0.39, 0.29) is 19.4 Å². The number of halogens is 2. The Hall–Kier alpha value is -2.66. The molecule has 0 bridgehead atoms. The Bertz CT molecular complexity index is 929. The van der Waals surface area contributed by atoms with Crippen molar-refractivity contribution in [3.05, 3.63) is 53.5 Å². The molecule has 0 spiro atoms. The smallest absolute Gasteiger partial charge is 0.249 e. The minimum absolute atomic E-state index is 0.121. The highest BCUT2D eigenvalue weighted by atomic mass is 32.2. The molecule has 1 aromatic heterocycles. The van der Waals surface area contributed by atoms with Gasteiger partial charge in [0.2, 0.25) is 11.8 Å². The van der Waals surface area contributed by atoms with Crippen LogP contribution in [0.25, 0.3) is 11.1 Å². The number of hydrogen-bond acceptors (Lipinski definition) is 4. The molecule has 29 heavy (non-hydrogen) atoms. The first-order chi connectivity index (χ1) is 13.8. The van der Waals surface area contributed by atoms with Gasteiger partial charge in [0.05, 0.1) is 17.6 Å². The van der Waals surface area contributed by atoms with E-state index in [0.29, 0.717) is 15.9 Å². The number of aromatic nitrogens is 1. The standard InChI is InChI=1S/C21H21F2N3O2S/c1-29-15-4-2-14(3-5-15)19-13-26(28)11-7-17(19)16-6-8-21(22,23)12-18(16)20(27)25-10-9-24/h2-5,7,11,13,16,18H,6,8,10,12H2,1H3,(H,25,27)/t16-,18+/m0/s1. The summed E-state index contributed by atoms with van der Waals surface area (Å²) >= 11 is 1.59. The molecule has 1 N–H and O–H groups in total. The Balaban J connectivity index is 2.02. The van der Waals surface area contributed by atoms with E-state index in [1.54, 1.807) is 23.9 Å². The Morgan fingerprint density at radius 1 is 1.38 bits per heavy atom. The van der Waals surface area contributed by atoms with Crippen LogP contribution in [0, 0.1) is 22.5 Å². The lowest BCUT2D eigenvalue weighted by molar-refractivity contribution is -0.604. The summed E-state index contributed by atoms with van der Waals surface area (Å²) in [4.78, 5) is 13.6. The van der Waals surface area contributed by atoms with Crippen molar-refractivity contribution in [1.29, 1.82) is 5.26 Å². The maximum Gasteiger partial charge on any atom is 0.249 e. The highest BCUT2D eigenvalue weighted by Gasteiger charge is 2.45. The molecule has 0 aliphatic heterocycles. The van der Waals surface area contributed by atoms with E-state index in [2.05, 4.69) is 5.32 Å². The molecule has 2 atom stereocenters. The predicted molar refractivity (Wildman–Crippen MR) is 106 cm³/mol. The maximum atomic E-state index is 14.1. The number of nitrogens with one attached hydrogen (secondary N) is 1. The van der Waals surface area contributed by atoms with Gasteiger partial charge in [-0.25, -0.2) is 8.78 Å². The average molecular weight is 417 g/mol. The number of carbonyl (C=O) groups is 1. The van der Waals surface area contributed by atoms with Crippen LogP contribution in [0.1, 0.15) is 30.7 Å². The van der Waals surface area contributed by atoms with E-state index < -0.39 is 30.1 Å². The van der Waals surface area contributed by atoms with Gasteiger partial charge in [-0.3, -0.25) is 4.79 Å². The van der Waals surface area contributed by atoms with Crippen molar-refractivity contribution < 1.29 is 18.3 Å². The number of pyridine rings is 1. The number of hydrogen-bond donors (Lipinski definition) is 1. The predicted octanol–water partition coefficient (Wildman–Crippen LogP) is 3.87. The summed E-state index contributed by atoms with van der Waals surface area (Å²) in [5, 5.41) is 23.1. The van der Waals surface area contributed by atoms with Crippen LogP contribution in [-0.4, -0.2) is 24.6 Å². The maximum absolute atomic E-state index is 14.1. The largest absolute Gasteiger partial charge is 0.619 e. The second kappa shape index (κ2) is 8.78. The molecular formula is C21H21F2N3O2S. The fourth-order valence-corrected chi connectivity index (χ4v) is 4.27. The summed E-state index contributed by atoms with van der Waals surface area (Å²) < 4.78 is 28.9. The summed E-state index contributed by atoms with van der Waals surface area (Å²) in [6, 6.07) is 11.0. The molecule has 2 aromatic rings. The number of nitriles is 1. The number of thioether (sulfide) groups is 1. The van der Waals surface area contributed by atoms with Gasteiger partial charge in [0.15, 0.2) is 12.4 Å². The highest BCUT2D eigenvalue weighted by molar-refractivity contribution is 7.98. The number of nitrogens with zero attached hydrogens (tertiary/aromatic N) is 2. The molecule has 5 nitrogen and oxygen atoms in total. The zero-order valence-corrected chi connectivity index (χ0v) is 16.7. The number of alkyl halides is 2. The van der Waals surface area contributed by atoms with Gasteiger partial charge in [-0.15, -0.1) is 11.8 Å². The normalized spacial score (nSPS) is 20.6. The molecule has 1 fully saturated rings. The number of amides is 1. The molecule has 152 valence electrons. The van der Waals surface area contributed by atoms with E-state index >= 15 is 0 Å². The Labute approximate surface area is 172 Å². The van der Waals surface area contributed by atoms with Crippen LogP contribution in [-0.2, 0) is 4.79 Å². The fraction of sp³-hybridized carbons (Fsp3) is 0.381. The molecule has 0 unspecified atom stereocenters. The van der Waals surface area contributed by atoms with Gasteiger partial charge in [0, 0.05) is 23.8 Å². The molecule has 1 aliphatic rings. The Morgan fingerprint density at radius 2 is 2.10 bits per heavy atom. The first kappa shape index (κ1) is 21.1. The molecule has 1 aromatic carbocycles. The Kier molecular flexibility index (Phi) is 6.38. The van der Waals surface area contributed by atoms with Crippen LogP contribution < -0.4 is 10.0 Å². The minimum atomic E-state index is -2.93. The topological polar surface area (TPSA) is 79.8 Å². The monoisotopic (exact) mass is 417 g/mol. The van der Waals surface area contributed by atoms with Crippen LogP contribution in [0.4, 0.5) is 8.78 Å². The van der Waals surface area contributed by atoms with E-state index in [1.165, 1.54) is 12.4 Å². The van der Waals surface area contributed by atoms with E-state index in [4.69, 9.17) is 5.26 Å². The van der Waals surface area contributed by atoms with Gasteiger partial charge in [-0.05, 0) is 41.9 Å². The SMILES string of the molecule is CSc1ccc(-c2c[n+]([O-])ccc2[C@@H]2CCC(F)(F)C[C@H]2C(=O)NCC#N)cc1. The quantitative estimate of drug-likeness (QED) is 0.347. The zero-order valence-electron chi connectivity index (χ0n) is 15.9. The first-order valence-corrected chi connectivity index (χ1v) is 10.5. The molecule has 8 heteroatoms. The van der Waals surface area contributed by atoms with Gasteiger partial charge in [-0.1, -0.05) is 12.1 Å². The van der Waals surface area contributed by atoms with Gasteiger partial charge in [-0.2, -0.15) is 9.99 Å². The van der Waals surface area contributed by atoms with Crippen LogP contribution in [0.15, 0.2) is 47.6 Å². The van der Waals surface area contributed by atoms with E-state index in [0.717, 1.165) is 10.5 Å². The molecule has 1 saturated carbocycles. The number of benzene rings is 1.